The van der Waals surface area contributed by atoms with Crippen molar-refractivity contribution < 1.29 is 10.3 Å². The number of rotatable bonds is 3. The molecule has 0 radical (unpaired) electrons. The first-order chi connectivity index (χ1) is 12.6. The van der Waals surface area contributed by atoms with Crippen LogP contribution in [0.25, 0.3) is 15.9 Å². The molecule has 120 valence electrons. The van der Waals surface area contributed by atoms with Gasteiger partial charge >= 0.3 is 5.91 Å². The summed E-state index contributed by atoms with van der Waals surface area (Å²) in [4.78, 5) is 29.4. The molecule has 0 aromatic carbocycles. The third-order valence-electron chi connectivity index (χ3n) is 4.26. The predicted molar refractivity (Wildman–Crippen MR) is 87.9 cm³/mol. The SMILES string of the molecule is [2H]c1nc(N(C)[C@H]2CN(C(=O)C([2H])([2H])[N+]#[C-])CC[C@@]2([2H])C)c2cc[nH]c2n1. The van der Waals surface area contributed by atoms with E-state index >= 15 is 0 Å². The van der Waals surface area contributed by atoms with E-state index in [2.05, 4.69) is 19.8 Å². The van der Waals surface area contributed by atoms with E-state index in [4.69, 9.17) is 12.1 Å². The lowest BCUT2D eigenvalue weighted by Gasteiger charge is -2.41. The Morgan fingerprint density at radius 2 is 2.57 bits per heavy atom. The van der Waals surface area contributed by atoms with Gasteiger partial charge in [-0.2, -0.15) is 0 Å². The molecule has 7 nitrogen and oxygen atoms in total. The molecule has 1 aliphatic rings. The lowest BCUT2D eigenvalue weighted by molar-refractivity contribution is -0.130. The quantitative estimate of drug-likeness (QED) is 0.872. The molecule has 23 heavy (non-hydrogen) atoms. The number of hydrogen-bond donors (Lipinski definition) is 1. The predicted octanol–water partition coefficient (Wildman–Crippen LogP) is 1.55. The molecule has 1 saturated heterocycles. The number of carbonyl (C=O) groups is 1. The fourth-order valence-corrected chi connectivity index (χ4v) is 2.92. The van der Waals surface area contributed by atoms with Gasteiger partial charge in [0.05, 0.1) is 11.4 Å². The van der Waals surface area contributed by atoms with Crippen molar-refractivity contribution in [2.45, 2.75) is 19.4 Å². The second-order valence-corrected chi connectivity index (χ2v) is 5.58. The van der Waals surface area contributed by atoms with Gasteiger partial charge in [0.2, 0.25) is 0 Å². The van der Waals surface area contributed by atoms with Crippen LogP contribution in [0.2, 0.25) is 0 Å². The van der Waals surface area contributed by atoms with Gasteiger partial charge < -0.3 is 19.6 Å². The molecule has 0 saturated carbocycles. The molecule has 0 bridgehead atoms. The summed E-state index contributed by atoms with van der Waals surface area (Å²) in [6.07, 6.45) is 1.86. The van der Waals surface area contributed by atoms with E-state index in [9.17, 15) is 4.79 Å². The van der Waals surface area contributed by atoms with E-state index in [1.807, 2.05) is 0 Å². The first kappa shape index (κ1) is 11.0. The highest BCUT2D eigenvalue weighted by Crippen LogP contribution is 2.28. The average Bonchev–Trinajstić information content (AvgIpc) is 3.07. The number of fused-ring (bicyclic) bond motifs is 1. The van der Waals surface area contributed by atoms with Crippen LogP contribution in [0.15, 0.2) is 18.6 Å². The molecule has 1 fully saturated rings. The molecule has 1 N–H and O–H groups in total. The van der Waals surface area contributed by atoms with Gasteiger partial charge in [-0.3, -0.25) is 4.79 Å². The Balaban J connectivity index is 1.96. The van der Waals surface area contributed by atoms with Crippen LogP contribution in [0.3, 0.4) is 0 Å². The van der Waals surface area contributed by atoms with Crippen LogP contribution in [0.4, 0.5) is 5.82 Å². The summed E-state index contributed by atoms with van der Waals surface area (Å²) >= 11 is 0. The fraction of sp³-hybridized carbons (Fsp3) is 0.500. The van der Waals surface area contributed by atoms with Crippen molar-refractivity contribution in [2.75, 3.05) is 31.5 Å². The molecule has 2 atom stereocenters. The summed E-state index contributed by atoms with van der Waals surface area (Å²) in [5, 5.41) is 0.698. The van der Waals surface area contributed by atoms with E-state index in [0.29, 0.717) is 23.3 Å². The zero-order valence-electron chi connectivity index (χ0n) is 17.0. The van der Waals surface area contributed by atoms with Crippen molar-refractivity contribution in [1.29, 1.82) is 0 Å². The molecule has 0 unspecified atom stereocenters. The van der Waals surface area contributed by atoms with Gasteiger partial charge in [-0.25, -0.2) is 16.5 Å². The van der Waals surface area contributed by atoms with Crippen LogP contribution < -0.4 is 4.90 Å². The fourth-order valence-electron chi connectivity index (χ4n) is 2.92. The Labute approximate surface area is 140 Å². The third-order valence-corrected chi connectivity index (χ3v) is 4.26. The van der Waals surface area contributed by atoms with Crippen molar-refractivity contribution in [3.8, 4) is 0 Å². The number of aromatic nitrogens is 3. The maximum Gasteiger partial charge on any atom is 0.302 e. The number of aromatic amines is 1. The molecule has 0 spiro atoms. The minimum Gasteiger partial charge on any atom is -0.354 e. The van der Waals surface area contributed by atoms with Gasteiger partial charge in [-0.05, 0) is 18.4 Å². The highest BCUT2D eigenvalue weighted by Gasteiger charge is 2.33. The van der Waals surface area contributed by atoms with Crippen LogP contribution in [-0.4, -0.2) is 58.4 Å². The van der Waals surface area contributed by atoms with Crippen molar-refractivity contribution in [1.82, 2.24) is 19.9 Å². The van der Waals surface area contributed by atoms with Gasteiger partial charge in [-0.15, -0.1) is 0 Å². The lowest BCUT2D eigenvalue weighted by Crippen LogP contribution is -2.53. The summed E-state index contributed by atoms with van der Waals surface area (Å²) in [5.74, 6) is -1.34. The topological polar surface area (TPSA) is 69.5 Å². The van der Waals surface area contributed by atoms with Gasteiger partial charge in [0.25, 0.3) is 6.50 Å². The maximum absolute atomic E-state index is 12.4. The smallest absolute Gasteiger partial charge is 0.302 e. The van der Waals surface area contributed by atoms with E-state index < -0.39 is 24.3 Å². The van der Waals surface area contributed by atoms with E-state index in [0.717, 1.165) is 0 Å². The first-order valence-electron chi connectivity index (χ1n) is 9.29. The minimum atomic E-state index is -2.62. The lowest BCUT2D eigenvalue weighted by atomic mass is 9.92. The summed E-state index contributed by atoms with van der Waals surface area (Å²) < 4.78 is 31.7. The van der Waals surface area contributed by atoms with Crippen LogP contribution in [0.1, 0.15) is 18.8 Å². The highest BCUT2D eigenvalue weighted by atomic mass is 16.2. The number of carbonyl (C=O) groups excluding carboxylic acids is 1. The van der Waals surface area contributed by atoms with Crippen LogP contribution >= 0.6 is 0 Å². The summed E-state index contributed by atoms with van der Waals surface area (Å²) in [6.45, 7) is 6.36. The third kappa shape index (κ3) is 2.84. The monoisotopic (exact) mass is 316 g/mol. The Kier molecular flexibility index (Phi) is 2.99. The molecule has 1 aliphatic heterocycles. The molecule has 2 aromatic heterocycles. The highest BCUT2D eigenvalue weighted by molar-refractivity contribution is 5.87. The average molecular weight is 316 g/mol. The Morgan fingerprint density at radius 1 is 1.74 bits per heavy atom. The molecule has 7 heteroatoms. The standard InChI is InChI=1S/C16H20N6O/c1-11-5-7-22(14(23)8-17-2)9-13(11)21(3)16-12-4-6-18-15(12)19-10-20-16/h4,6,10-11,13H,5,7-9H2,1,3H3,(H,18,19,20)/t11-,13+/m1/s1/i8D2,10D,11D. The Hall–Kier alpha value is -2.62. The number of hydrogen-bond acceptors (Lipinski definition) is 4. The minimum absolute atomic E-state index is 0.0909. The molecule has 2 aromatic rings. The van der Waals surface area contributed by atoms with E-state index in [-0.39, 0.29) is 19.4 Å². The number of piperidine rings is 1. The van der Waals surface area contributed by atoms with Gasteiger partial charge in [0, 0.05) is 27.7 Å². The maximum atomic E-state index is 12.4. The van der Waals surface area contributed by atoms with Crippen molar-refractivity contribution in [2.24, 2.45) is 5.89 Å². The van der Waals surface area contributed by atoms with Gasteiger partial charge in [0.15, 0.2) is 0 Å². The normalized spacial score (nSPS) is 27.5. The van der Waals surface area contributed by atoms with Gasteiger partial charge in [-0.1, -0.05) is 6.92 Å². The van der Waals surface area contributed by atoms with Crippen molar-refractivity contribution >= 4 is 22.8 Å². The van der Waals surface area contributed by atoms with Gasteiger partial charge in [0.1, 0.15) is 21.9 Å². The second kappa shape index (κ2) is 6.24. The largest absolute Gasteiger partial charge is 0.354 e. The second-order valence-electron chi connectivity index (χ2n) is 5.58. The zero-order valence-corrected chi connectivity index (χ0v) is 13.0. The Bertz CT molecular complexity index is 921. The zero-order chi connectivity index (χ0) is 20.0. The number of nitrogens with zero attached hydrogens (tertiary/aromatic N) is 5. The summed E-state index contributed by atoms with van der Waals surface area (Å²) in [5.41, 5.74) is 0.511. The molecule has 1 amide bonds. The number of H-pyrrole nitrogens is 1. The van der Waals surface area contributed by atoms with E-state index in [1.165, 1.54) is 4.90 Å². The molecular formula is C16H20N6O. The molecular weight excluding hydrogens is 292 g/mol. The number of anilines is 1. The van der Waals surface area contributed by atoms with Crippen LogP contribution in [-0.2, 0) is 4.79 Å². The molecule has 3 heterocycles. The number of nitrogens with one attached hydrogen (secondary N) is 1. The number of likely N-dealkylation sites (N-methyl/N-ethyl adjacent to an activating group) is 1. The summed E-state index contributed by atoms with van der Waals surface area (Å²) in [6, 6.07) is 1.29. The Morgan fingerprint density at radius 3 is 3.35 bits per heavy atom. The van der Waals surface area contributed by atoms with Crippen molar-refractivity contribution in [3.63, 3.8) is 0 Å². The molecule has 0 aliphatic carbocycles. The van der Waals surface area contributed by atoms with Crippen molar-refractivity contribution in [3.05, 3.63) is 30.0 Å². The first-order valence-corrected chi connectivity index (χ1v) is 7.29. The summed E-state index contributed by atoms with van der Waals surface area (Å²) in [7, 11) is 1.74. The molecule has 3 rings (SSSR count). The van der Waals surface area contributed by atoms with Crippen LogP contribution in [0.5, 0.6) is 0 Å². The number of amides is 1. The van der Waals surface area contributed by atoms with E-state index in [1.54, 1.807) is 31.1 Å². The number of likely N-dealkylation sites (tertiary alicyclic amines) is 1. The van der Waals surface area contributed by atoms with Crippen LogP contribution in [0, 0.1) is 12.5 Å².